The van der Waals surface area contributed by atoms with Crippen molar-refractivity contribution < 1.29 is 0 Å². The van der Waals surface area contributed by atoms with Crippen LogP contribution in [0.25, 0.3) is 0 Å². The van der Waals surface area contributed by atoms with Gasteiger partial charge in [0.05, 0.1) is 11.2 Å². The Bertz CT molecular complexity index is 255. The monoisotopic (exact) mass is 225 g/mol. The molecule has 0 aliphatic carbocycles. The van der Waals surface area contributed by atoms with E-state index in [1.807, 2.05) is 5.51 Å². The lowest BCUT2D eigenvalue weighted by molar-refractivity contribution is 0.501. The summed E-state index contributed by atoms with van der Waals surface area (Å²) < 4.78 is 0. The maximum atomic E-state index is 4.26. The van der Waals surface area contributed by atoms with E-state index in [-0.39, 0.29) is 0 Å². The molecule has 0 amide bonds. The summed E-state index contributed by atoms with van der Waals surface area (Å²) in [5.41, 5.74) is 3.12. The summed E-state index contributed by atoms with van der Waals surface area (Å²) in [5.74, 6) is 0.900. The minimum Gasteiger partial charge on any atom is -0.316 e. The second-order valence-electron chi connectivity index (χ2n) is 4.13. The van der Waals surface area contributed by atoms with Gasteiger partial charge in [-0.25, -0.2) is 4.98 Å². The molecule has 1 aliphatic heterocycles. The highest BCUT2D eigenvalue weighted by molar-refractivity contribution is 7.07. The molecule has 4 heteroatoms. The summed E-state index contributed by atoms with van der Waals surface area (Å²) in [6.07, 6.45) is 3.73. The SMILES string of the molecule is c1nc(CCNCCC2CCNC2)cs1. The van der Waals surface area contributed by atoms with Crippen molar-refractivity contribution in [3.63, 3.8) is 0 Å². The number of aromatic nitrogens is 1. The molecule has 1 aromatic heterocycles. The van der Waals surface area contributed by atoms with Gasteiger partial charge in [0.15, 0.2) is 0 Å². The van der Waals surface area contributed by atoms with Gasteiger partial charge in [-0.05, 0) is 38.4 Å². The first-order valence-corrected chi connectivity index (χ1v) is 6.68. The molecule has 0 aromatic carbocycles. The number of hydrogen-bond donors (Lipinski definition) is 2. The molecular formula is C11H19N3S. The van der Waals surface area contributed by atoms with Gasteiger partial charge in [-0.2, -0.15) is 0 Å². The Morgan fingerprint density at radius 1 is 1.53 bits per heavy atom. The van der Waals surface area contributed by atoms with Crippen molar-refractivity contribution >= 4 is 11.3 Å². The van der Waals surface area contributed by atoms with Gasteiger partial charge in [-0.15, -0.1) is 11.3 Å². The van der Waals surface area contributed by atoms with E-state index in [2.05, 4.69) is 21.0 Å². The first-order chi connectivity index (χ1) is 7.45. The Labute approximate surface area is 95.3 Å². The first kappa shape index (κ1) is 11.0. The van der Waals surface area contributed by atoms with Crippen LogP contribution in [0.1, 0.15) is 18.5 Å². The molecule has 1 aromatic rings. The van der Waals surface area contributed by atoms with Crippen LogP contribution in [0.3, 0.4) is 0 Å². The van der Waals surface area contributed by atoms with E-state index in [1.165, 1.54) is 31.6 Å². The van der Waals surface area contributed by atoms with Crippen LogP contribution in [-0.4, -0.2) is 31.2 Å². The molecule has 2 heterocycles. The van der Waals surface area contributed by atoms with Crippen LogP contribution in [0.15, 0.2) is 10.9 Å². The number of hydrogen-bond acceptors (Lipinski definition) is 4. The predicted molar refractivity (Wildman–Crippen MR) is 64.3 cm³/mol. The number of nitrogens with zero attached hydrogens (tertiary/aromatic N) is 1. The molecule has 1 unspecified atom stereocenters. The lowest BCUT2D eigenvalue weighted by Gasteiger charge is -2.08. The van der Waals surface area contributed by atoms with Crippen molar-refractivity contribution in [2.75, 3.05) is 26.2 Å². The van der Waals surface area contributed by atoms with E-state index in [0.717, 1.165) is 25.4 Å². The number of thiazole rings is 1. The van der Waals surface area contributed by atoms with E-state index in [1.54, 1.807) is 11.3 Å². The minimum absolute atomic E-state index is 0.900. The molecule has 1 aliphatic rings. The molecule has 1 saturated heterocycles. The average molecular weight is 225 g/mol. The number of rotatable bonds is 6. The van der Waals surface area contributed by atoms with E-state index < -0.39 is 0 Å². The van der Waals surface area contributed by atoms with Crippen molar-refractivity contribution in [3.05, 3.63) is 16.6 Å². The van der Waals surface area contributed by atoms with Gasteiger partial charge < -0.3 is 10.6 Å². The van der Waals surface area contributed by atoms with Gasteiger partial charge in [0, 0.05) is 18.3 Å². The quantitative estimate of drug-likeness (QED) is 0.716. The fraction of sp³-hybridized carbons (Fsp3) is 0.727. The molecule has 3 nitrogen and oxygen atoms in total. The second kappa shape index (κ2) is 6.20. The molecule has 0 spiro atoms. The molecule has 0 radical (unpaired) electrons. The third-order valence-corrected chi connectivity index (χ3v) is 3.57. The summed E-state index contributed by atoms with van der Waals surface area (Å²) in [6, 6.07) is 0. The molecule has 1 fully saturated rings. The average Bonchev–Trinajstić information content (AvgIpc) is 2.88. The van der Waals surface area contributed by atoms with Gasteiger partial charge in [-0.3, -0.25) is 0 Å². The van der Waals surface area contributed by atoms with Gasteiger partial charge >= 0.3 is 0 Å². The van der Waals surface area contributed by atoms with Crippen molar-refractivity contribution in [3.8, 4) is 0 Å². The molecule has 0 bridgehead atoms. The van der Waals surface area contributed by atoms with Gasteiger partial charge in [0.2, 0.25) is 0 Å². The van der Waals surface area contributed by atoms with Crippen molar-refractivity contribution in [1.82, 2.24) is 15.6 Å². The van der Waals surface area contributed by atoms with Crippen LogP contribution in [0.4, 0.5) is 0 Å². The third-order valence-electron chi connectivity index (χ3n) is 2.93. The largest absolute Gasteiger partial charge is 0.316 e. The predicted octanol–water partition coefficient (Wildman–Crippen LogP) is 1.27. The molecule has 84 valence electrons. The Kier molecular flexibility index (Phi) is 4.57. The molecule has 2 rings (SSSR count). The van der Waals surface area contributed by atoms with Gasteiger partial charge in [-0.1, -0.05) is 0 Å². The highest BCUT2D eigenvalue weighted by Crippen LogP contribution is 2.10. The molecule has 0 saturated carbocycles. The fourth-order valence-electron chi connectivity index (χ4n) is 1.97. The van der Waals surface area contributed by atoms with E-state index in [0.29, 0.717) is 0 Å². The fourth-order valence-corrected chi connectivity index (χ4v) is 2.56. The maximum absolute atomic E-state index is 4.26. The lowest BCUT2D eigenvalue weighted by atomic mass is 10.1. The lowest BCUT2D eigenvalue weighted by Crippen LogP contribution is -2.21. The summed E-state index contributed by atoms with van der Waals surface area (Å²) in [4.78, 5) is 4.26. The molecule has 2 N–H and O–H groups in total. The standard InChI is InChI=1S/C11H19N3S/c1(10-2-5-13-7-10)4-12-6-3-11-8-15-9-14-11/h8-10,12-13H,1-7H2. The highest BCUT2D eigenvalue weighted by Gasteiger charge is 2.12. The smallest absolute Gasteiger partial charge is 0.0794 e. The van der Waals surface area contributed by atoms with Crippen LogP contribution >= 0.6 is 11.3 Å². The summed E-state index contributed by atoms with van der Waals surface area (Å²) in [5, 5.41) is 9.01. The second-order valence-corrected chi connectivity index (χ2v) is 4.85. The number of nitrogens with one attached hydrogen (secondary N) is 2. The van der Waals surface area contributed by atoms with Gasteiger partial charge in [0.1, 0.15) is 0 Å². The Morgan fingerprint density at radius 2 is 2.53 bits per heavy atom. The van der Waals surface area contributed by atoms with Crippen LogP contribution in [0.5, 0.6) is 0 Å². The Hall–Kier alpha value is -0.450. The molecular weight excluding hydrogens is 206 g/mol. The van der Waals surface area contributed by atoms with E-state index in [4.69, 9.17) is 0 Å². The van der Waals surface area contributed by atoms with Crippen molar-refractivity contribution in [2.45, 2.75) is 19.3 Å². The van der Waals surface area contributed by atoms with E-state index in [9.17, 15) is 0 Å². The third kappa shape index (κ3) is 3.89. The summed E-state index contributed by atoms with van der Waals surface area (Å²) in [6.45, 7) is 4.64. The van der Waals surface area contributed by atoms with Crippen LogP contribution < -0.4 is 10.6 Å². The topological polar surface area (TPSA) is 37.0 Å². The normalized spacial score (nSPS) is 20.9. The Morgan fingerprint density at radius 3 is 3.27 bits per heavy atom. The maximum Gasteiger partial charge on any atom is 0.0794 e. The van der Waals surface area contributed by atoms with E-state index >= 15 is 0 Å². The first-order valence-electron chi connectivity index (χ1n) is 5.73. The van der Waals surface area contributed by atoms with Crippen LogP contribution in [0, 0.1) is 5.92 Å². The molecule has 15 heavy (non-hydrogen) atoms. The highest BCUT2D eigenvalue weighted by atomic mass is 32.1. The van der Waals surface area contributed by atoms with Crippen LogP contribution in [0.2, 0.25) is 0 Å². The van der Waals surface area contributed by atoms with Crippen molar-refractivity contribution in [1.29, 1.82) is 0 Å². The van der Waals surface area contributed by atoms with Crippen molar-refractivity contribution in [2.24, 2.45) is 5.92 Å². The van der Waals surface area contributed by atoms with Gasteiger partial charge in [0.25, 0.3) is 0 Å². The Balaban J connectivity index is 1.48. The zero-order valence-corrected chi connectivity index (χ0v) is 9.85. The summed E-state index contributed by atoms with van der Waals surface area (Å²) in [7, 11) is 0. The zero-order chi connectivity index (χ0) is 10.3. The summed E-state index contributed by atoms with van der Waals surface area (Å²) >= 11 is 1.68. The minimum atomic E-state index is 0.900. The molecule has 1 atom stereocenters. The van der Waals surface area contributed by atoms with Crippen LogP contribution in [-0.2, 0) is 6.42 Å². The zero-order valence-electron chi connectivity index (χ0n) is 9.04.